The molecule has 0 bridgehead atoms. The Labute approximate surface area is 119 Å². The van der Waals surface area contributed by atoms with Crippen LogP contribution in [0.5, 0.6) is 0 Å². The molecule has 108 valence electrons. The summed E-state index contributed by atoms with van der Waals surface area (Å²) < 4.78 is 0. The van der Waals surface area contributed by atoms with Crippen molar-refractivity contribution in [3.05, 3.63) is 29.6 Å². The molecule has 2 heteroatoms. The molecule has 0 aromatic carbocycles. The molecular weight excluding hydrogens is 232 g/mol. The Hall–Kier alpha value is -0.890. The van der Waals surface area contributed by atoms with Crippen molar-refractivity contribution < 1.29 is 0 Å². The van der Waals surface area contributed by atoms with Gasteiger partial charge in [0.2, 0.25) is 0 Å². The fourth-order valence-corrected chi connectivity index (χ4v) is 2.12. The Balaban J connectivity index is 2.48. The molecule has 0 atom stereocenters. The summed E-state index contributed by atoms with van der Waals surface area (Å²) >= 11 is 0. The third kappa shape index (κ3) is 6.72. The maximum Gasteiger partial charge on any atom is 0.0409 e. The number of hydrogen-bond donors (Lipinski definition) is 1. The van der Waals surface area contributed by atoms with E-state index in [9.17, 15) is 0 Å². The minimum atomic E-state index is 0.205. The van der Waals surface area contributed by atoms with Crippen LogP contribution in [0.2, 0.25) is 0 Å². The molecule has 0 saturated heterocycles. The van der Waals surface area contributed by atoms with E-state index in [0.717, 1.165) is 19.4 Å². The van der Waals surface area contributed by atoms with Gasteiger partial charge in [0.15, 0.2) is 0 Å². The molecule has 2 nitrogen and oxygen atoms in total. The molecule has 19 heavy (non-hydrogen) atoms. The van der Waals surface area contributed by atoms with Gasteiger partial charge < -0.3 is 5.32 Å². The second kappa shape index (κ2) is 6.51. The third-order valence-electron chi connectivity index (χ3n) is 3.41. The molecule has 0 saturated carbocycles. The van der Waals surface area contributed by atoms with Gasteiger partial charge in [-0.05, 0) is 63.6 Å². The highest BCUT2D eigenvalue weighted by Crippen LogP contribution is 2.25. The molecule has 0 aliphatic heterocycles. The second-order valence-electron chi connectivity index (χ2n) is 7.28. The van der Waals surface area contributed by atoms with E-state index in [0.29, 0.717) is 5.41 Å². The van der Waals surface area contributed by atoms with Gasteiger partial charge in [-0.1, -0.05) is 26.8 Å². The first-order chi connectivity index (χ1) is 8.72. The van der Waals surface area contributed by atoms with E-state index < -0.39 is 0 Å². The van der Waals surface area contributed by atoms with Crippen LogP contribution >= 0.6 is 0 Å². The van der Waals surface area contributed by atoms with E-state index in [-0.39, 0.29) is 5.54 Å². The van der Waals surface area contributed by atoms with Gasteiger partial charge in [-0.25, -0.2) is 0 Å². The van der Waals surface area contributed by atoms with E-state index in [4.69, 9.17) is 0 Å². The molecule has 1 rings (SSSR count). The first kappa shape index (κ1) is 16.2. The Kier molecular flexibility index (Phi) is 5.54. The molecule has 1 heterocycles. The van der Waals surface area contributed by atoms with E-state index in [1.807, 2.05) is 6.20 Å². The fraction of sp³-hybridized carbons (Fsp3) is 0.706. The third-order valence-corrected chi connectivity index (χ3v) is 3.41. The summed E-state index contributed by atoms with van der Waals surface area (Å²) in [6.45, 7) is 14.5. The van der Waals surface area contributed by atoms with Crippen molar-refractivity contribution in [3.63, 3.8) is 0 Å². The number of nitrogens with zero attached hydrogens (tertiary/aromatic N) is 1. The molecule has 1 aromatic rings. The van der Waals surface area contributed by atoms with Gasteiger partial charge >= 0.3 is 0 Å². The van der Waals surface area contributed by atoms with Gasteiger partial charge in [0.25, 0.3) is 0 Å². The maximum atomic E-state index is 4.57. The molecule has 1 N–H and O–H groups in total. The van der Waals surface area contributed by atoms with Crippen LogP contribution in [0.1, 0.15) is 59.2 Å². The Morgan fingerprint density at radius 2 is 1.79 bits per heavy atom. The summed E-state index contributed by atoms with van der Waals surface area (Å²) in [5, 5.41) is 3.56. The van der Waals surface area contributed by atoms with Crippen LogP contribution in [0.15, 0.2) is 18.3 Å². The van der Waals surface area contributed by atoms with E-state index in [1.54, 1.807) is 0 Å². The molecule has 0 spiro atoms. The number of pyridine rings is 1. The lowest BCUT2D eigenvalue weighted by molar-refractivity contribution is 0.300. The smallest absolute Gasteiger partial charge is 0.0409 e. The van der Waals surface area contributed by atoms with Crippen molar-refractivity contribution in [3.8, 4) is 0 Å². The lowest BCUT2D eigenvalue weighted by Gasteiger charge is -2.27. The summed E-state index contributed by atoms with van der Waals surface area (Å²) in [6.07, 6.45) is 5.29. The summed E-state index contributed by atoms with van der Waals surface area (Å²) in [6, 6.07) is 4.38. The average molecular weight is 262 g/mol. The second-order valence-corrected chi connectivity index (χ2v) is 7.28. The maximum absolute atomic E-state index is 4.57. The molecule has 0 amide bonds. The van der Waals surface area contributed by atoms with E-state index in [1.165, 1.54) is 17.7 Å². The molecular formula is C17H30N2. The highest BCUT2D eigenvalue weighted by Gasteiger charge is 2.20. The monoisotopic (exact) mass is 262 g/mol. The summed E-state index contributed by atoms with van der Waals surface area (Å²) in [5.74, 6) is 0. The van der Waals surface area contributed by atoms with E-state index in [2.05, 4.69) is 64.0 Å². The highest BCUT2D eigenvalue weighted by atomic mass is 14.9. The van der Waals surface area contributed by atoms with Gasteiger partial charge in [-0.2, -0.15) is 0 Å². The summed E-state index contributed by atoms with van der Waals surface area (Å²) in [4.78, 5) is 4.57. The molecule has 0 radical (unpaired) electrons. The lowest BCUT2D eigenvalue weighted by Crippen LogP contribution is -2.38. The highest BCUT2D eigenvalue weighted by molar-refractivity contribution is 5.14. The molecule has 1 aromatic heterocycles. The largest absolute Gasteiger partial charge is 0.312 e. The van der Waals surface area contributed by atoms with Crippen molar-refractivity contribution in [2.45, 2.75) is 66.3 Å². The van der Waals surface area contributed by atoms with Crippen LogP contribution in [-0.4, -0.2) is 17.1 Å². The van der Waals surface area contributed by atoms with Crippen LogP contribution in [0.25, 0.3) is 0 Å². The van der Waals surface area contributed by atoms with Crippen molar-refractivity contribution in [2.24, 2.45) is 5.41 Å². The van der Waals surface area contributed by atoms with Gasteiger partial charge in [0, 0.05) is 17.4 Å². The fourth-order valence-electron chi connectivity index (χ4n) is 2.12. The standard InChI is InChI=1S/C17H30N2/c1-7-14-8-9-15(18-13-14)12-17(5,6)10-11-19-16(2,3)4/h8-9,13,19H,7,10-12H2,1-6H3. The zero-order valence-electron chi connectivity index (χ0n) is 13.5. The number of hydrogen-bond acceptors (Lipinski definition) is 2. The predicted molar refractivity (Wildman–Crippen MR) is 83.5 cm³/mol. The number of nitrogens with one attached hydrogen (secondary N) is 1. The van der Waals surface area contributed by atoms with E-state index >= 15 is 0 Å². The van der Waals surface area contributed by atoms with Gasteiger partial charge in [0.05, 0.1) is 0 Å². The van der Waals surface area contributed by atoms with Crippen LogP contribution < -0.4 is 5.32 Å². The quantitative estimate of drug-likeness (QED) is 0.838. The van der Waals surface area contributed by atoms with Crippen molar-refractivity contribution in [1.29, 1.82) is 0 Å². The molecule has 0 aliphatic carbocycles. The number of rotatable bonds is 6. The molecule has 0 unspecified atom stereocenters. The number of aromatic nitrogens is 1. The Morgan fingerprint density at radius 1 is 1.11 bits per heavy atom. The zero-order chi connectivity index (χ0) is 14.5. The topological polar surface area (TPSA) is 24.9 Å². The van der Waals surface area contributed by atoms with Crippen molar-refractivity contribution >= 4 is 0 Å². The van der Waals surface area contributed by atoms with Crippen molar-refractivity contribution in [2.75, 3.05) is 6.54 Å². The SMILES string of the molecule is CCc1ccc(CC(C)(C)CCNC(C)(C)C)nc1. The lowest BCUT2D eigenvalue weighted by atomic mass is 9.84. The molecule has 0 fully saturated rings. The minimum absolute atomic E-state index is 0.205. The first-order valence-electron chi connectivity index (χ1n) is 7.41. The van der Waals surface area contributed by atoms with Crippen LogP contribution in [0, 0.1) is 5.41 Å². The van der Waals surface area contributed by atoms with Crippen LogP contribution in [0.3, 0.4) is 0 Å². The summed E-state index contributed by atoms with van der Waals surface area (Å²) in [5.41, 5.74) is 3.02. The van der Waals surface area contributed by atoms with Gasteiger partial charge in [0.1, 0.15) is 0 Å². The predicted octanol–water partition coefficient (Wildman–Crippen LogP) is 3.99. The normalized spacial score (nSPS) is 12.7. The first-order valence-corrected chi connectivity index (χ1v) is 7.41. The Bertz CT molecular complexity index is 371. The van der Waals surface area contributed by atoms with Crippen molar-refractivity contribution in [1.82, 2.24) is 10.3 Å². The van der Waals surface area contributed by atoms with Crippen LogP contribution in [0.4, 0.5) is 0 Å². The van der Waals surface area contributed by atoms with Gasteiger partial charge in [-0.15, -0.1) is 0 Å². The minimum Gasteiger partial charge on any atom is -0.312 e. The number of aryl methyl sites for hydroxylation is 1. The van der Waals surface area contributed by atoms with Crippen LogP contribution in [-0.2, 0) is 12.8 Å². The average Bonchev–Trinajstić information content (AvgIpc) is 2.27. The molecule has 0 aliphatic rings. The van der Waals surface area contributed by atoms with Gasteiger partial charge in [-0.3, -0.25) is 4.98 Å². The zero-order valence-corrected chi connectivity index (χ0v) is 13.5. The summed E-state index contributed by atoms with van der Waals surface area (Å²) in [7, 11) is 0. The Morgan fingerprint density at radius 3 is 2.26 bits per heavy atom.